The van der Waals surface area contributed by atoms with Gasteiger partial charge in [-0.1, -0.05) is 43.0 Å². The molecule has 10 atom stereocenters. The molecule has 0 bridgehead atoms. The van der Waals surface area contributed by atoms with Crippen molar-refractivity contribution >= 4 is 0 Å². The molecular weight excluding hydrogens is 546 g/mol. The van der Waals surface area contributed by atoms with Crippen molar-refractivity contribution in [2.75, 3.05) is 39.5 Å². The topological polar surface area (TPSA) is 174 Å². The molecule has 4 aliphatic rings. The van der Waals surface area contributed by atoms with Gasteiger partial charge in [0.1, 0.15) is 0 Å². The Morgan fingerprint density at radius 3 is 1.95 bits per heavy atom. The van der Waals surface area contributed by atoms with E-state index >= 15 is 0 Å². The van der Waals surface area contributed by atoms with Crippen LogP contribution in [0.25, 0.3) is 31.3 Å². The molecule has 240 valence electrons. The predicted octanol–water partition coefficient (Wildman–Crippen LogP) is 8.78. The number of fused-ring (bicyclic) bond motifs is 5. The lowest BCUT2D eigenvalue weighted by Gasteiger charge is -2.64. The third kappa shape index (κ3) is 7.38. The summed E-state index contributed by atoms with van der Waals surface area (Å²) in [6, 6.07) is 0. The van der Waals surface area contributed by atoms with Crippen molar-refractivity contribution in [1.82, 2.24) is 0 Å². The first-order valence-corrected chi connectivity index (χ1v) is 16.7. The zero-order valence-corrected chi connectivity index (χ0v) is 26.8. The van der Waals surface area contributed by atoms with Crippen LogP contribution in [0.1, 0.15) is 91.9 Å². The van der Waals surface area contributed by atoms with Gasteiger partial charge in [0.25, 0.3) is 0 Å². The molecule has 0 aromatic heterocycles. The zero-order chi connectivity index (χ0) is 30.9. The molecule has 4 aliphatic carbocycles. The van der Waals surface area contributed by atoms with Crippen molar-refractivity contribution in [3.8, 4) is 0 Å². The second-order valence-electron chi connectivity index (χ2n) is 14.2. The van der Waals surface area contributed by atoms with Crippen LogP contribution >= 0.6 is 0 Å². The van der Waals surface area contributed by atoms with Crippen LogP contribution in [0.3, 0.4) is 0 Å². The Bertz CT molecular complexity index is 1060. The maximum absolute atomic E-state index is 8.74. The molecule has 0 aromatic carbocycles. The quantitative estimate of drug-likeness (QED) is 0.0747. The third-order valence-corrected chi connectivity index (χ3v) is 12.0. The summed E-state index contributed by atoms with van der Waals surface area (Å²) >= 11 is 0. The molecule has 0 aliphatic heterocycles. The zero-order valence-electron chi connectivity index (χ0n) is 26.8. The fourth-order valence-corrected chi connectivity index (χ4v) is 10.0. The third-order valence-electron chi connectivity index (χ3n) is 12.0. The largest absolute Gasteiger partial charge is 0.378 e. The summed E-state index contributed by atoms with van der Waals surface area (Å²) in [6.45, 7) is 13.1. The Balaban J connectivity index is 1.58. The van der Waals surface area contributed by atoms with Crippen molar-refractivity contribution in [3.05, 3.63) is 31.3 Å². The standard InChI is InChI=1S/C31H53N9O3/c1-21(2)24-8-9-25-29-26(20-28(31(24,25)4)43-17-7-14-37-40-34)30(3)11-10-23(41-15-5-12-35-38-32)18-22(30)19-27(29)42-16-6-13-36-39-33/h21-29H,5-20H2,1-4H3/t22?,23-,24-,25+,26+,27-,28+,29?,30+,31-/m1/s1. The van der Waals surface area contributed by atoms with E-state index in [9.17, 15) is 0 Å². The van der Waals surface area contributed by atoms with Crippen LogP contribution in [0.4, 0.5) is 0 Å². The SMILES string of the molecule is CC(C)[C@H]1CC[C@H]2C3[C@H](OCCCN=[N+]=[N-])CC4C[C@H](OCCCN=[N+]=[N-])CC[C@]4(C)[C@H]3C[C@H](OCCCN=[N+]=[N-])[C@]12C. The summed E-state index contributed by atoms with van der Waals surface area (Å²) in [5.41, 5.74) is 26.3. The highest BCUT2D eigenvalue weighted by Crippen LogP contribution is 2.69. The average molecular weight is 600 g/mol. The number of hydrogen-bond donors (Lipinski definition) is 0. The molecule has 2 unspecified atom stereocenters. The van der Waals surface area contributed by atoms with Gasteiger partial charge in [0, 0.05) is 59.6 Å². The van der Waals surface area contributed by atoms with Crippen LogP contribution in [0.2, 0.25) is 0 Å². The number of nitrogens with zero attached hydrogens (tertiary/aromatic N) is 9. The van der Waals surface area contributed by atoms with E-state index in [-0.39, 0.29) is 29.1 Å². The smallest absolute Gasteiger partial charge is 0.0637 e. The van der Waals surface area contributed by atoms with Crippen LogP contribution < -0.4 is 0 Å². The molecule has 4 rings (SSSR count). The number of rotatable bonds is 16. The summed E-state index contributed by atoms with van der Waals surface area (Å²) < 4.78 is 20.0. The normalized spacial score (nSPS) is 38.2. The highest BCUT2D eigenvalue weighted by molar-refractivity contribution is 5.15. The van der Waals surface area contributed by atoms with Gasteiger partial charge in [-0.3, -0.25) is 0 Å². The van der Waals surface area contributed by atoms with Crippen molar-refractivity contribution in [2.24, 2.45) is 61.7 Å². The number of hydrogen-bond acceptors (Lipinski definition) is 6. The second kappa shape index (κ2) is 15.7. The predicted molar refractivity (Wildman–Crippen MR) is 166 cm³/mol. The monoisotopic (exact) mass is 599 g/mol. The highest BCUT2D eigenvalue weighted by atomic mass is 16.5. The van der Waals surface area contributed by atoms with Gasteiger partial charge < -0.3 is 14.2 Å². The van der Waals surface area contributed by atoms with Gasteiger partial charge in [-0.2, -0.15) is 0 Å². The summed E-state index contributed by atoms with van der Waals surface area (Å²) in [4.78, 5) is 8.69. The minimum absolute atomic E-state index is 0.0793. The van der Waals surface area contributed by atoms with E-state index in [4.69, 9.17) is 30.8 Å². The molecule has 0 heterocycles. The van der Waals surface area contributed by atoms with Crippen molar-refractivity contribution < 1.29 is 14.2 Å². The molecule has 0 spiro atoms. The summed E-state index contributed by atoms with van der Waals surface area (Å²) in [7, 11) is 0. The van der Waals surface area contributed by atoms with Gasteiger partial charge in [-0.15, -0.1) is 0 Å². The van der Waals surface area contributed by atoms with E-state index in [1.54, 1.807) is 0 Å². The van der Waals surface area contributed by atoms with Crippen LogP contribution in [-0.4, -0.2) is 57.8 Å². The summed E-state index contributed by atoms with van der Waals surface area (Å²) in [6.07, 6.45) is 10.6. The maximum atomic E-state index is 8.74. The minimum Gasteiger partial charge on any atom is -0.378 e. The van der Waals surface area contributed by atoms with Gasteiger partial charge >= 0.3 is 0 Å². The number of ether oxygens (including phenoxy) is 3. The molecule has 12 heteroatoms. The Kier molecular flexibility index (Phi) is 12.3. The first-order chi connectivity index (χ1) is 20.8. The van der Waals surface area contributed by atoms with Crippen LogP contribution in [0, 0.1) is 46.3 Å². The molecule has 12 nitrogen and oxygen atoms in total. The van der Waals surface area contributed by atoms with E-state index in [1.165, 1.54) is 12.8 Å². The molecule has 0 radical (unpaired) electrons. The Morgan fingerprint density at radius 1 is 0.744 bits per heavy atom. The minimum atomic E-state index is 0.0793. The van der Waals surface area contributed by atoms with E-state index in [2.05, 4.69) is 57.8 Å². The van der Waals surface area contributed by atoms with Gasteiger partial charge in [0.15, 0.2) is 0 Å². The summed E-state index contributed by atoms with van der Waals surface area (Å²) in [5.74, 6) is 3.22. The molecular formula is C31H53N9O3. The molecule has 4 fully saturated rings. The van der Waals surface area contributed by atoms with E-state index in [0.717, 1.165) is 51.4 Å². The Hall–Kier alpha value is -2.19. The van der Waals surface area contributed by atoms with Crippen molar-refractivity contribution in [2.45, 2.75) is 110 Å². The van der Waals surface area contributed by atoms with Gasteiger partial charge in [0.05, 0.1) is 18.3 Å². The first-order valence-electron chi connectivity index (χ1n) is 16.7. The summed E-state index contributed by atoms with van der Waals surface area (Å²) in [5, 5.41) is 11.1. The second-order valence-corrected chi connectivity index (χ2v) is 14.2. The van der Waals surface area contributed by atoms with Crippen molar-refractivity contribution in [1.29, 1.82) is 0 Å². The fraction of sp³-hybridized carbons (Fsp3) is 1.00. The van der Waals surface area contributed by atoms with E-state index < -0.39 is 0 Å². The molecule has 0 amide bonds. The van der Waals surface area contributed by atoms with Crippen LogP contribution in [0.15, 0.2) is 15.3 Å². The maximum Gasteiger partial charge on any atom is 0.0637 e. The number of azide groups is 3. The van der Waals surface area contributed by atoms with Crippen LogP contribution in [-0.2, 0) is 14.2 Å². The molecule has 43 heavy (non-hydrogen) atoms. The first kappa shape index (κ1) is 33.7. The molecule has 0 N–H and O–H groups in total. The molecule has 0 saturated heterocycles. The lowest BCUT2D eigenvalue weighted by atomic mass is 9.43. The lowest BCUT2D eigenvalue weighted by Crippen LogP contribution is -2.63. The Morgan fingerprint density at radius 2 is 1.35 bits per heavy atom. The van der Waals surface area contributed by atoms with E-state index in [1.807, 2.05) is 0 Å². The van der Waals surface area contributed by atoms with Gasteiger partial charge in [-0.25, -0.2) is 0 Å². The highest BCUT2D eigenvalue weighted by Gasteiger charge is 2.66. The van der Waals surface area contributed by atoms with E-state index in [0.29, 0.717) is 75.0 Å². The average Bonchev–Trinajstić information content (AvgIpc) is 3.35. The lowest BCUT2D eigenvalue weighted by molar-refractivity contribution is -0.227. The molecule has 4 saturated carbocycles. The fourth-order valence-electron chi connectivity index (χ4n) is 10.0. The van der Waals surface area contributed by atoms with Gasteiger partial charge in [0.2, 0.25) is 0 Å². The van der Waals surface area contributed by atoms with Gasteiger partial charge in [-0.05, 0) is 122 Å². The van der Waals surface area contributed by atoms with Crippen molar-refractivity contribution in [3.63, 3.8) is 0 Å². The Labute approximate surface area is 256 Å². The molecule has 0 aromatic rings. The van der Waals surface area contributed by atoms with Crippen LogP contribution in [0.5, 0.6) is 0 Å².